The molecule has 3 aromatic rings. The molecule has 1 saturated heterocycles. The van der Waals surface area contributed by atoms with Gasteiger partial charge in [0.05, 0.1) is 10.6 Å². The number of anilines is 1. The minimum Gasteiger partial charge on any atom is -0.352 e. The first-order valence-corrected chi connectivity index (χ1v) is 9.85. The van der Waals surface area contributed by atoms with E-state index in [1.165, 1.54) is 35.6 Å². The molecule has 4 nitrogen and oxygen atoms in total. The number of fused-ring (bicyclic) bond motifs is 1. The van der Waals surface area contributed by atoms with Gasteiger partial charge in [-0.15, -0.1) is 0 Å². The fourth-order valence-electron chi connectivity index (χ4n) is 3.42. The Morgan fingerprint density at radius 1 is 1.14 bits per heavy atom. The van der Waals surface area contributed by atoms with Crippen molar-refractivity contribution in [3.05, 3.63) is 59.4 Å². The van der Waals surface area contributed by atoms with E-state index in [1.54, 1.807) is 6.07 Å². The van der Waals surface area contributed by atoms with E-state index in [0.717, 1.165) is 17.7 Å². The molecule has 1 unspecified atom stereocenters. The van der Waals surface area contributed by atoms with Crippen molar-refractivity contribution >= 4 is 32.6 Å². The van der Waals surface area contributed by atoms with Crippen LogP contribution in [0.25, 0.3) is 10.2 Å². The lowest BCUT2D eigenvalue weighted by Gasteiger charge is -2.31. The van der Waals surface area contributed by atoms with Crippen LogP contribution < -0.4 is 10.2 Å². The second kappa shape index (κ2) is 7.79. The van der Waals surface area contributed by atoms with Crippen LogP contribution in [0.5, 0.6) is 0 Å². The molecule has 1 N–H and O–H groups in total. The minimum absolute atomic E-state index is 0.148. The van der Waals surface area contributed by atoms with Gasteiger partial charge in [0.25, 0.3) is 0 Å². The molecular formula is C20H18F3N3OS. The zero-order valence-corrected chi connectivity index (χ0v) is 15.7. The summed E-state index contributed by atoms with van der Waals surface area (Å²) in [5, 5.41) is 3.31. The van der Waals surface area contributed by atoms with Crippen LogP contribution in [0, 0.1) is 23.4 Å². The highest BCUT2D eigenvalue weighted by atomic mass is 32.1. The molecule has 0 bridgehead atoms. The van der Waals surface area contributed by atoms with Crippen LogP contribution in [0.3, 0.4) is 0 Å². The Bertz CT molecular complexity index is 1000. The highest BCUT2D eigenvalue weighted by Gasteiger charge is 2.28. The third-order valence-corrected chi connectivity index (χ3v) is 6.00. The fraction of sp³-hybridized carbons (Fsp3) is 0.300. The van der Waals surface area contributed by atoms with Gasteiger partial charge in [0.2, 0.25) is 5.91 Å². The smallest absolute Gasteiger partial charge is 0.225 e. The molecule has 0 aliphatic carbocycles. The van der Waals surface area contributed by atoms with E-state index < -0.39 is 11.6 Å². The number of rotatable bonds is 4. The second-order valence-corrected chi connectivity index (χ2v) is 7.80. The van der Waals surface area contributed by atoms with Crippen molar-refractivity contribution in [2.24, 2.45) is 5.92 Å². The Balaban J connectivity index is 1.44. The molecule has 146 valence electrons. The van der Waals surface area contributed by atoms with Crippen molar-refractivity contribution in [3.63, 3.8) is 0 Å². The zero-order chi connectivity index (χ0) is 19.7. The molecular weight excluding hydrogens is 387 g/mol. The lowest BCUT2D eigenvalue weighted by Crippen LogP contribution is -2.43. The van der Waals surface area contributed by atoms with E-state index >= 15 is 0 Å². The lowest BCUT2D eigenvalue weighted by molar-refractivity contribution is -0.125. The number of nitrogens with zero attached hydrogens (tertiary/aromatic N) is 2. The highest BCUT2D eigenvalue weighted by molar-refractivity contribution is 7.22. The topological polar surface area (TPSA) is 45.2 Å². The fourth-order valence-corrected chi connectivity index (χ4v) is 4.44. The zero-order valence-electron chi connectivity index (χ0n) is 14.9. The number of nitrogens with one attached hydrogen (secondary N) is 1. The summed E-state index contributed by atoms with van der Waals surface area (Å²) in [6.07, 6.45) is 1.46. The Morgan fingerprint density at radius 3 is 2.61 bits per heavy atom. The number of piperidine rings is 1. The third-order valence-electron chi connectivity index (χ3n) is 4.92. The summed E-state index contributed by atoms with van der Waals surface area (Å²) in [6.45, 7) is 0.973. The number of aromatic nitrogens is 1. The van der Waals surface area contributed by atoms with Crippen molar-refractivity contribution < 1.29 is 18.0 Å². The molecule has 2 heterocycles. The first-order chi connectivity index (χ1) is 13.5. The molecule has 1 amide bonds. The maximum atomic E-state index is 13.9. The van der Waals surface area contributed by atoms with Gasteiger partial charge >= 0.3 is 0 Å². The number of carbonyl (C=O) groups is 1. The first kappa shape index (κ1) is 18.7. The largest absolute Gasteiger partial charge is 0.352 e. The monoisotopic (exact) mass is 405 g/mol. The van der Waals surface area contributed by atoms with Gasteiger partial charge in [-0.25, -0.2) is 18.2 Å². The van der Waals surface area contributed by atoms with Gasteiger partial charge in [0.15, 0.2) is 5.13 Å². The van der Waals surface area contributed by atoms with Crippen molar-refractivity contribution in [3.8, 4) is 0 Å². The van der Waals surface area contributed by atoms with E-state index in [0.29, 0.717) is 23.6 Å². The van der Waals surface area contributed by atoms with Gasteiger partial charge in [-0.2, -0.15) is 0 Å². The molecule has 1 fully saturated rings. The van der Waals surface area contributed by atoms with E-state index in [1.807, 2.05) is 11.0 Å². The summed E-state index contributed by atoms with van der Waals surface area (Å²) in [5.41, 5.74) is 0.189. The average Bonchev–Trinajstić information content (AvgIpc) is 3.13. The molecule has 8 heteroatoms. The molecule has 0 saturated carbocycles. The number of benzene rings is 2. The summed E-state index contributed by atoms with van der Waals surface area (Å²) < 4.78 is 42.1. The summed E-state index contributed by atoms with van der Waals surface area (Å²) >= 11 is 1.39. The van der Waals surface area contributed by atoms with Crippen molar-refractivity contribution in [1.29, 1.82) is 0 Å². The quantitative estimate of drug-likeness (QED) is 0.706. The van der Waals surface area contributed by atoms with Crippen LogP contribution in [-0.2, 0) is 11.3 Å². The maximum absolute atomic E-state index is 13.9. The average molecular weight is 405 g/mol. The molecule has 0 spiro atoms. The van der Waals surface area contributed by atoms with Crippen molar-refractivity contribution in [2.45, 2.75) is 19.4 Å². The molecule has 28 heavy (non-hydrogen) atoms. The Kier molecular flexibility index (Phi) is 5.21. The van der Waals surface area contributed by atoms with Crippen molar-refractivity contribution in [2.75, 3.05) is 18.0 Å². The molecule has 1 atom stereocenters. The number of halogens is 3. The molecule has 1 aliphatic heterocycles. The first-order valence-electron chi connectivity index (χ1n) is 9.03. The Hall–Kier alpha value is -2.61. The van der Waals surface area contributed by atoms with E-state index in [9.17, 15) is 18.0 Å². The third kappa shape index (κ3) is 3.69. The standard InChI is InChI=1S/C20H18F3N3OS/c21-14-5-1-6-15(22)13(14)10-24-19(27)12-4-3-9-26(11-12)20-25-18-16(23)7-2-8-17(18)28-20/h1-2,5-8,12H,3-4,9-11H2,(H,24,27). The van der Waals surface area contributed by atoms with Gasteiger partial charge in [-0.05, 0) is 37.1 Å². The molecule has 2 aromatic carbocycles. The predicted octanol–water partition coefficient (Wildman–Crippen LogP) is 4.25. The Morgan fingerprint density at radius 2 is 1.86 bits per heavy atom. The molecule has 1 aliphatic rings. The normalized spacial score (nSPS) is 17.1. The van der Waals surface area contributed by atoms with Gasteiger partial charge in [-0.1, -0.05) is 23.5 Å². The molecule has 0 radical (unpaired) electrons. The summed E-state index contributed by atoms with van der Waals surface area (Å²) in [5.74, 6) is -2.29. The van der Waals surface area contributed by atoms with Gasteiger partial charge in [-0.3, -0.25) is 4.79 Å². The van der Waals surface area contributed by atoms with Crippen LogP contribution in [0.2, 0.25) is 0 Å². The van der Waals surface area contributed by atoms with Crippen molar-refractivity contribution in [1.82, 2.24) is 10.3 Å². The second-order valence-electron chi connectivity index (χ2n) is 6.79. The van der Waals surface area contributed by atoms with Crippen LogP contribution in [0.15, 0.2) is 36.4 Å². The predicted molar refractivity (Wildman–Crippen MR) is 103 cm³/mol. The lowest BCUT2D eigenvalue weighted by atomic mass is 9.97. The molecule has 1 aromatic heterocycles. The highest BCUT2D eigenvalue weighted by Crippen LogP contribution is 2.32. The summed E-state index contributed by atoms with van der Waals surface area (Å²) in [7, 11) is 0. The van der Waals surface area contributed by atoms with Gasteiger partial charge < -0.3 is 10.2 Å². The van der Waals surface area contributed by atoms with Crippen LogP contribution >= 0.6 is 11.3 Å². The number of para-hydroxylation sites is 1. The Labute approximate surface area is 164 Å². The van der Waals surface area contributed by atoms with E-state index in [2.05, 4.69) is 10.3 Å². The van der Waals surface area contributed by atoms with Gasteiger partial charge in [0, 0.05) is 25.2 Å². The summed E-state index contributed by atoms with van der Waals surface area (Å²) in [4.78, 5) is 18.9. The SMILES string of the molecule is O=C(NCc1c(F)cccc1F)C1CCCN(c2nc3c(F)cccc3s2)C1. The number of hydrogen-bond donors (Lipinski definition) is 1. The minimum atomic E-state index is -0.679. The van der Waals surface area contributed by atoms with Crippen LogP contribution in [0.4, 0.5) is 18.3 Å². The van der Waals surface area contributed by atoms with Crippen LogP contribution in [-0.4, -0.2) is 24.0 Å². The van der Waals surface area contributed by atoms with E-state index in [-0.39, 0.29) is 29.8 Å². The van der Waals surface area contributed by atoms with E-state index in [4.69, 9.17) is 0 Å². The number of thiazole rings is 1. The number of hydrogen-bond acceptors (Lipinski definition) is 4. The number of amides is 1. The number of carbonyl (C=O) groups excluding carboxylic acids is 1. The van der Waals surface area contributed by atoms with Gasteiger partial charge in [0.1, 0.15) is 23.0 Å². The summed E-state index contributed by atoms with van der Waals surface area (Å²) in [6, 6.07) is 8.46. The van der Waals surface area contributed by atoms with Crippen LogP contribution in [0.1, 0.15) is 18.4 Å². The maximum Gasteiger partial charge on any atom is 0.225 e. The molecule has 4 rings (SSSR count).